The topological polar surface area (TPSA) is 76.7 Å². The van der Waals surface area contributed by atoms with Crippen LogP contribution in [0.4, 0.5) is 0 Å². The Labute approximate surface area is 116 Å². The zero-order valence-electron chi connectivity index (χ0n) is 11.1. The van der Waals surface area contributed by atoms with Crippen molar-refractivity contribution in [3.8, 4) is 0 Å². The van der Waals surface area contributed by atoms with Crippen LogP contribution in [0.15, 0.2) is 49.1 Å². The lowest BCUT2D eigenvalue weighted by molar-refractivity contribution is 0.634. The van der Waals surface area contributed by atoms with E-state index in [9.17, 15) is 0 Å². The van der Waals surface area contributed by atoms with Gasteiger partial charge in [0.05, 0.1) is 17.1 Å². The Hall–Kier alpha value is -2.37. The number of rotatable bonds is 3. The maximum absolute atomic E-state index is 5.77. The van der Waals surface area contributed by atoms with Crippen LogP contribution >= 0.6 is 0 Å². The van der Waals surface area contributed by atoms with Gasteiger partial charge in [-0.15, -0.1) is 0 Å². The Bertz CT molecular complexity index is 736. The minimum absolute atomic E-state index is 0.163. The summed E-state index contributed by atoms with van der Waals surface area (Å²) >= 11 is 0. The SMILES string of the molecule is Cc1ccncc1C(NN)c1cccc2nccnc12. The molecule has 0 aliphatic rings. The fraction of sp³-hybridized carbons (Fsp3) is 0.133. The van der Waals surface area contributed by atoms with Crippen molar-refractivity contribution in [2.24, 2.45) is 5.84 Å². The predicted molar refractivity (Wildman–Crippen MR) is 77.7 cm³/mol. The molecule has 1 unspecified atom stereocenters. The van der Waals surface area contributed by atoms with E-state index >= 15 is 0 Å². The van der Waals surface area contributed by atoms with Gasteiger partial charge < -0.3 is 0 Å². The van der Waals surface area contributed by atoms with Gasteiger partial charge in [-0.2, -0.15) is 0 Å². The van der Waals surface area contributed by atoms with Crippen LogP contribution in [0.1, 0.15) is 22.7 Å². The van der Waals surface area contributed by atoms with Gasteiger partial charge in [0.25, 0.3) is 0 Å². The predicted octanol–water partition coefficient (Wildman–Crippen LogP) is 1.89. The minimum atomic E-state index is -0.163. The first kappa shape index (κ1) is 12.7. The molecule has 0 radical (unpaired) electrons. The molecule has 5 heteroatoms. The van der Waals surface area contributed by atoms with Crippen LogP contribution < -0.4 is 11.3 Å². The average molecular weight is 265 g/mol. The van der Waals surface area contributed by atoms with E-state index in [0.717, 1.165) is 27.7 Å². The zero-order valence-corrected chi connectivity index (χ0v) is 11.1. The second-order valence-electron chi connectivity index (χ2n) is 4.60. The van der Waals surface area contributed by atoms with Gasteiger partial charge in [0.15, 0.2) is 0 Å². The largest absolute Gasteiger partial charge is 0.271 e. The molecule has 0 fully saturated rings. The number of aryl methyl sites for hydroxylation is 1. The molecule has 0 saturated carbocycles. The highest BCUT2D eigenvalue weighted by atomic mass is 15.2. The van der Waals surface area contributed by atoms with Crippen LogP contribution in [0.25, 0.3) is 11.0 Å². The smallest absolute Gasteiger partial charge is 0.0938 e. The van der Waals surface area contributed by atoms with E-state index in [-0.39, 0.29) is 6.04 Å². The molecule has 0 amide bonds. The van der Waals surface area contributed by atoms with Gasteiger partial charge >= 0.3 is 0 Å². The summed E-state index contributed by atoms with van der Waals surface area (Å²) < 4.78 is 0. The van der Waals surface area contributed by atoms with Crippen molar-refractivity contribution in [2.45, 2.75) is 13.0 Å². The van der Waals surface area contributed by atoms with Crippen molar-refractivity contribution in [3.05, 3.63) is 65.7 Å². The van der Waals surface area contributed by atoms with Crippen molar-refractivity contribution in [2.75, 3.05) is 0 Å². The number of nitrogens with one attached hydrogen (secondary N) is 1. The van der Waals surface area contributed by atoms with Crippen molar-refractivity contribution in [3.63, 3.8) is 0 Å². The third-order valence-corrected chi connectivity index (χ3v) is 3.40. The van der Waals surface area contributed by atoms with Gasteiger partial charge in [-0.05, 0) is 30.2 Å². The van der Waals surface area contributed by atoms with E-state index < -0.39 is 0 Å². The molecule has 0 saturated heterocycles. The molecule has 20 heavy (non-hydrogen) atoms. The first-order chi connectivity index (χ1) is 9.81. The van der Waals surface area contributed by atoms with E-state index in [0.29, 0.717) is 0 Å². The molecule has 0 bridgehead atoms. The van der Waals surface area contributed by atoms with Crippen LogP contribution in [-0.2, 0) is 0 Å². The highest BCUT2D eigenvalue weighted by Crippen LogP contribution is 2.27. The van der Waals surface area contributed by atoms with E-state index in [2.05, 4.69) is 20.4 Å². The molecule has 0 spiro atoms. The van der Waals surface area contributed by atoms with Crippen molar-refractivity contribution in [1.82, 2.24) is 20.4 Å². The summed E-state index contributed by atoms with van der Waals surface area (Å²) in [4.78, 5) is 12.9. The van der Waals surface area contributed by atoms with Gasteiger partial charge in [-0.1, -0.05) is 12.1 Å². The Morgan fingerprint density at radius 1 is 1.05 bits per heavy atom. The molecular formula is C15H15N5. The van der Waals surface area contributed by atoms with E-state index in [4.69, 9.17) is 5.84 Å². The Balaban J connectivity index is 2.20. The fourth-order valence-corrected chi connectivity index (χ4v) is 2.37. The molecule has 3 aromatic rings. The van der Waals surface area contributed by atoms with Crippen LogP contribution in [-0.4, -0.2) is 15.0 Å². The lowest BCUT2D eigenvalue weighted by Crippen LogP contribution is -2.29. The summed E-state index contributed by atoms with van der Waals surface area (Å²) in [7, 11) is 0. The van der Waals surface area contributed by atoms with Gasteiger partial charge in [0, 0.05) is 30.4 Å². The van der Waals surface area contributed by atoms with Crippen LogP contribution in [0, 0.1) is 6.92 Å². The van der Waals surface area contributed by atoms with Crippen LogP contribution in [0.5, 0.6) is 0 Å². The number of para-hydroxylation sites is 1. The third-order valence-electron chi connectivity index (χ3n) is 3.40. The summed E-state index contributed by atoms with van der Waals surface area (Å²) in [5.74, 6) is 5.77. The number of fused-ring (bicyclic) bond motifs is 1. The lowest BCUT2D eigenvalue weighted by Gasteiger charge is -2.19. The second-order valence-corrected chi connectivity index (χ2v) is 4.60. The maximum atomic E-state index is 5.77. The molecule has 1 aromatic carbocycles. The molecule has 3 rings (SSSR count). The highest BCUT2D eigenvalue weighted by molar-refractivity contribution is 5.78. The summed E-state index contributed by atoms with van der Waals surface area (Å²) in [5.41, 5.74) is 7.72. The molecule has 100 valence electrons. The first-order valence-corrected chi connectivity index (χ1v) is 6.37. The third kappa shape index (κ3) is 2.13. The number of pyridine rings is 1. The van der Waals surface area contributed by atoms with E-state index in [1.165, 1.54) is 0 Å². The second kappa shape index (κ2) is 5.32. The molecule has 2 heterocycles. The van der Waals surface area contributed by atoms with Crippen LogP contribution in [0.3, 0.4) is 0 Å². The van der Waals surface area contributed by atoms with E-state index in [1.807, 2.05) is 37.4 Å². The molecule has 2 aromatic heterocycles. The van der Waals surface area contributed by atoms with Gasteiger partial charge in [0.1, 0.15) is 0 Å². The number of hydrogen-bond donors (Lipinski definition) is 2. The van der Waals surface area contributed by atoms with E-state index in [1.54, 1.807) is 18.6 Å². The highest BCUT2D eigenvalue weighted by Gasteiger charge is 2.18. The van der Waals surface area contributed by atoms with Crippen LogP contribution in [0.2, 0.25) is 0 Å². The number of hydrazine groups is 1. The zero-order chi connectivity index (χ0) is 13.9. The lowest BCUT2D eigenvalue weighted by atomic mass is 9.96. The summed E-state index contributed by atoms with van der Waals surface area (Å²) in [6.07, 6.45) is 6.98. The Morgan fingerprint density at radius 3 is 2.70 bits per heavy atom. The van der Waals surface area contributed by atoms with Gasteiger partial charge in [0.2, 0.25) is 0 Å². The quantitative estimate of drug-likeness (QED) is 0.558. The molecule has 1 atom stereocenters. The summed E-state index contributed by atoms with van der Waals surface area (Å²) in [6, 6.07) is 7.71. The number of nitrogens with zero attached hydrogens (tertiary/aromatic N) is 3. The van der Waals surface area contributed by atoms with Crippen molar-refractivity contribution < 1.29 is 0 Å². The maximum Gasteiger partial charge on any atom is 0.0938 e. The molecular weight excluding hydrogens is 250 g/mol. The number of hydrogen-bond acceptors (Lipinski definition) is 5. The van der Waals surface area contributed by atoms with Gasteiger partial charge in [-0.25, -0.2) is 5.43 Å². The number of aromatic nitrogens is 3. The normalized spacial score (nSPS) is 12.5. The summed E-state index contributed by atoms with van der Waals surface area (Å²) in [6.45, 7) is 2.04. The molecule has 5 nitrogen and oxygen atoms in total. The Kier molecular flexibility index (Phi) is 3.37. The van der Waals surface area contributed by atoms with Crippen molar-refractivity contribution in [1.29, 1.82) is 0 Å². The monoisotopic (exact) mass is 265 g/mol. The van der Waals surface area contributed by atoms with Crippen molar-refractivity contribution >= 4 is 11.0 Å². The molecule has 3 N–H and O–H groups in total. The molecule has 0 aliphatic heterocycles. The average Bonchev–Trinajstić information content (AvgIpc) is 2.50. The summed E-state index contributed by atoms with van der Waals surface area (Å²) in [5, 5.41) is 0. The number of nitrogens with two attached hydrogens (primary N) is 1. The fourth-order valence-electron chi connectivity index (χ4n) is 2.37. The minimum Gasteiger partial charge on any atom is -0.271 e. The first-order valence-electron chi connectivity index (χ1n) is 6.37. The molecule has 0 aliphatic carbocycles. The number of benzene rings is 1. The van der Waals surface area contributed by atoms with Gasteiger partial charge in [-0.3, -0.25) is 20.8 Å². The Morgan fingerprint density at radius 2 is 1.90 bits per heavy atom. The standard InChI is InChI=1S/C15H15N5/c1-10-5-6-17-9-12(10)14(20-16)11-3-2-4-13-15(11)19-8-7-18-13/h2-9,14,20H,16H2,1H3.